The minimum atomic E-state index is -0.477. The van der Waals surface area contributed by atoms with Crippen LogP contribution in [0, 0.1) is 6.92 Å². The molecule has 0 saturated carbocycles. The van der Waals surface area contributed by atoms with Gasteiger partial charge in [-0.15, -0.1) is 0 Å². The average molecular weight is 573 g/mol. The molecule has 6 nitrogen and oxygen atoms in total. The van der Waals surface area contributed by atoms with Crippen LogP contribution in [0.25, 0.3) is 0 Å². The molecule has 0 spiro atoms. The van der Waals surface area contributed by atoms with E-state index in [4.69, 9.17) is 14.2 Å². The van der Waals surface area contributed by atoms with Gasteiger partial charge in [0.2, 0.25) is 0 Å². The van der Waals surface area contributed by atoms with E-state index < -0.39 is 11.9 Å². The molecular weight excluding hydrogens is 528 g/mol. The van der Waals surface area contributed by atoms with E-state index in [0.717, 1.165) is 24.2 Å². The first-order valence-corrected chi connectivity index (χ1v) is 14.7. The van der Waals surface area contributed by atoms with E-state index in [0.29, 0.717) is 29.9 Å². The first-order valence-electron chi connectivity index (χ1n) is 14.7. The lowest BCUT2D eigenvalue weighted by Crippen LogP contribution is -2.21. The van der Waals surface area contributed by atoms with Crippen molar-refractivity contribution in [2.24, 2.45) is 0 Å². The number of rotatable bonds is 14. The van der Waals surface area contributed by atoms with Crippen molar-refractivity contribution >= 4 is 17.7 Å². The Hall–Kier alpha value is -3.93. The van der Waals surface area contributed by atoms with Crippen molar-refractivity contribution in [2.75, 3.05) is 13.2 Å². The number of esters is 2. The summed E-state index contributed by atoms with van der Waals surface area (Å²) in [4.78, 5) is 37.1. The molecule has 224 valence electrons. The third-order valence-corrected chi connectivity index (χ3v) is 8.08. The van der Waals surface area contributed by atoms with Crippen molar-refractivity contribution in [3.8, 4) is 11.5 Å². The van der Waals surface area contributed by atoms with E-state index in [1.54, 1.807) is 36.4 Å². The van der Waals surface area contributed by atoms with Gasteiger partial charge in [0.15, 0.2) is 12.4 Å². The molecule has 0 saturated heterocycles. The normalized spacial score (nSPS) is 11.6. The lowest BCUT2D eigenvalue weighted by atomic mass is 9.76. The lowest BCUT2D eigenvalue weighted by Gasteiger charge is -2.30. The zero-order valence-corrected chi connectivity index (χ0v) is 26.0. The van der Waals surface area contributed by atoms with Crippen LogP contribution in [0.15, 0.2) is 66.7 Å². The van der Waals surface area contributed by atoms with E-state index in [1.165, 1.54) is 11.1 Å². The second-order valence-corrected chi connectivity index (χ2v) is 12.0. The molecule has 0 aliphatic rings. The summed E-state index contributed by atoms with van der Waals surface area (Å²) in [6, 6.07) is 19.7. The predicted octanol–water partition coefficient (Wildman–Crippen LogP) is 8.17. The quantitative estimate of drug-likeness (QED) is 0.0839. The van der Waals surface area contributed by atoms with Crippen molar-refractivity contribution < 1.29 is 28.6 Å². The molecule has 0 aromatic heterocycles. The number of Topliss-reactive ketones (excluding diaryl/α,β-unsaturated/α-hetero) is 1. The Labute approximate surface area is 250 Å². The predicted molar refractivity (Wildman–Crippen MR) is 166 cm³/mol. The molecule has 3 aromatic rings. The summed E-state index contributed by atoms with van der Waals surface area (Å²) in [5.41, 5.74) is 4.35. The summed E-state index contributed by atoms with van der Waals surface area (Å²) in [6.45, 7) is 15.3. The number of ether oxygens (including phenoxy) is 3. The van der Waals surface area contributed by atoms with E-state index in [2.05, 4.69) is 53.7 Å². The molecular formula is C36H44O6. The maximum absolute atomic E-state index is 12.5. The minimum Gasteiger partial charge on any atom is -0.493 e. The molecule has 42 heavy (non-hydrogen) atoms. The van der Waals surface area contributed by atoms with Gasteiger partial charge >= 0.3 is 11.9 Å². The second kappa shape index (κ2) is 14.3. The molecule has 6 heteroatoms. The van der Waals surface area contributed by atoms with Crippen LogP contribution in [-0.2, 0) is 20.4 Å². The van der Waals surface area contributed by atoms with Gasteiger partial charge in [-0.3, -0.25) is 9.59 Å². The van der Waals surface area contributed by atoms with Gasteiger partial charge in [0.1, 0.15) is 11.5 Å². The molecule has 0 heterocycles. The monoisotopic (exact) mass is 572 g/mol. The Morgan fingerprint density at radius 3 is 2.00 bits per heavy atom. The maximum Gasteiger partial charge on any atom is 0.343 e. The van der Waals surface area contributed by atoms with E-state index in [9.17, 15) is 14.4 Å². The molecule has 0 amide bonds. The van der Waals surface area contributed by atoms with Crippen LogP contribution in [0.2, 0.25) is 0 Å². The third kappa shape index (κ3) is 8.78. The van der Waals surface area contributed by atoms with E-state index >= 15 is 0 Å². The van der Waals surface area contributed by atoms with Crippen molar-refractivity contribution in [3.63, 3.8) is 0 Å². The largest absolute Gasteiger partial charge is 0.493 e. The first-order chi connectivity index (χ1) is 19.9. The van der Waals surface area contributed by atoms with Crippen LogP contribution >= 0.6 is 0 Å². The van der Waals surface area contributed by atoms with Gasteiger partial charge in [0.25, 0.3) is 0 Å². The van der Waals surface area contributed by atoms with E-state index in [-0.39, 0.29) is 29.6 Å². The van der Waals surface area contributed by atoms with Crippen LogP contribution in [-0.4, -0.2) is 30.9 Å². The van der Waals surface area contributed by atoms with Crippen LogP contribution in [0.5, 0.6) is 11.5 Å². The minimum absolute atomic E-state index is 0.0462. The lowest BCUT2D eigenvalue weighted by molar-refractivity contribution is -0.142. The summed E-state index contributed by atoms with van der Waals surface area (Å²) in [7, 11) is 0. The molecule has 0 unspecified atom stereocenters. The summed E-state index contributed by atoms with van der Waals surface area (Å²) < 4.78 is 16.7. The SMILES string of the molecule is CCC(C)(C)c1ccc(OCCCC(=O)OCC(=O)c2ccc(OC(=O)c3ccc(C)cc3)cc2)c(C(C)(C)CC)c1. The van der Waals surface area contributed by atoms with Crippen molar-refractivity contribution in [3.05, 3.63) is 94.5 Å². The smallest absolute Gasteiger partial charge is 0.343 e. The van der Waals surface area contributed by atoms with Gasteiger partial charge in [-0.2, -0.15) is 0 Å². The van der Waals surface area contributed by atoms with Gasteiger partial charge in [-0.25, -0.2) is 4.79 Å². The van der Waals surface area contributed by atoms with E-state index in [1.807, 2.05) is 25.1 Å². The number of carbonyl (C=O) groups is 3. The molecule has 0 N–H and O–H groups in total. The highest BCUT2D eigenvalue weighted by molar-refractivity contribution is 5.98. The molecule has 0 aliphatic heterocycles. The molecule has 3 aromatic carbocycles. The van der Waals surface area contributed by atoms with Crippen LogP contribution in [0.3, 0.4) is 0 Å². The second-order valence-electron chi connectivity index (χ2n) is 12.0. The highest BCUT2D eigenvalue weighted by Crippen LogP contribution is 2.38. The Balaban J connectivity index is 1.46. The fourth-order valence-electron chi connectivity index (χ4n) is 4.26. The Morgan fingerprint density at radius 2 is 1.38 bits per heavy atom. The number of hydrogen-bond acceptors (Lipinski definition) is 6. The van der Waals surface area contributed by atoms with Gasteiger partial charge in [-0.05, 0) is 85.0 Å². The fourth-order valence-corrected chi connectivity index (χ4v) is 4.26. The van der Waals surface area contributed by atoms with Crippen LogP contribution < -0.4 is 9.47 Å². The molecule has 0 radical (unpaired) electrons. The summed E-state index contributed by atoms with van der Waals surface area (Å²) in [5, 5.41) is 0. The third-order valence-electron chi connectivity index (χ3n) is 8.08. The van der Waals surface area contributed by atoms with Crippen molar-refractivity contribution in [1.82, 2.24) is 0 Å². The summed E-state index contributed by atoms with van der Waals surface area (Å²) in [5.74, 6) is -0.102. The maximum atomic E-state index is 12.5. The first kappa shape index (κ1) is 32.6. The summed E-state index contributed by atoms with van der Waals surface area (Å²) in [6.07, 6.45) is 2.64. The van der Waals surface area contributed by atoms with Crippen LogP contribution in [0.4, 0.5) is 0 Å². The topological polar surface area (TPSA) is 78.9 Å². The number of aryl methyl sites for hydroxylation is 1. The number of benzene rings is 3. The zero-order chi connectivity index (χ0) is 30.9. The van der Waals surface area contributed by atoms with Crippen molar-refractivity contribution in [1.29, 1.82) is 0 Å². The van der Waals surface area contributed by atoms with Gasteiger partial charge in [-0.1, -0.05) is 71.4 Å². The number of hydrogen-bond donors (Lipinski definition) is 0. The highest BCUT2D eigenvalue weighted by Gasteiger charge is 2.26. The standard InChI is InChI=1S/C36H44O6/c1-8-35(4,5)28-18-21-32(30(23-28)36(6,7)9-2)40-22-10-11-33(38)41-24-31(37)26-16-19-29(20-17-26)42-34(39)27-14-12-25(3)13-15-27/h12-21,23H,8-11,22,24H2,1-7H3. The number of carbonyl (C=O) groups excluding carboxylic acids is 3. The fraction of sp³-hybridized carbons (Fsp3) is 0.417. The molecule has 0 fully saturated rings. The van der Waals surface area contributed by atoms with Gasteiger partial charge < -0.3 is 14.2 Å². The van der Waals surface area contributed by atoms with Crippen LogP contribution in [0.1, 0.15) is 105 Å². The average Bonchev–Trinajstić information content (AvgIpc) is 2.98. The van der Waals surface area contributed by atoms with Crippen molar-refractivity contribution in [2.45, 2.75) is 85.0 Å². The van der Waals surface area contributed by atoms with Gasteiger partial charge in [0, 0.05) is 17.5 Å². The Kier molecular flexibility index (Phi) is 11.1. The molecule has 0 atom stereocenters. The molecule has 3 rings (SSSR count). The highest BCUT2D eigenvalue weighted by atomic mass is 16.5. The van der Waals surface area contributed by atoms with Gasteiger partial charge in [0.05, 0.1) is 12.2 Å². The Morgan fingerprint density at radius 1 is 0.762 bits per heavy atom. The number of ketones is 1. The summed E-state index contributed by atoms with van der Waals surface area (Å²) >= 11 is 0. The Bertz CT molecular complexity index is 1370. The zero-order valence-electron chi connectivity index (χ0n) is 26.0. The molecule has 0 bridgehead atoms. The molecule has 0 aliphatic carbocycles.